The smallest absolute Gasteiger partial charge is 0.0651 e. The molecule has 0 unspecified atom stereocenters. The molecule has 1 aromatic rings. The number of nitrogens with zero attached hydrogens (tertiary/aromatic N) is 1. The minimum absolute atomic E-state index is 0.0441. The van der Waals surface area contributed by atoms with Gasteiger partial charge in [-0.1, -0.05) is 43.0 Å². The molecule has 2 nitrogen and oxygen atoms in total. The van der Waals surface area contributed by atoms with Crippen LogP contribution in [0, 0.1) is 0 Å². The molecule has 0 radical (unpaired) electrons. The molecular formula is C14H19NO. The Labute approximate surface area is 97.5 Å². The fourth-order valence-corrected chi connectivity index (χ4v) is 1.58. The van der Waals surface area contributed by atoms with Gasteiger partial charge in [-0.3, -0.25) is 4.90 Å². The average Bonchev–Trinajstić information content (AvgIpc) is 2.30. The number of rotatable bonds is 7. The lowest BCUT2D eigenvalue weighted by atomic mass is 10.2. The zero-order valence-electron chi connectivity index (χ0n) is 9.60. The largest absolute Gasteiger partial charge is 0.392 e. The van der Waals surface area contributed by atoms with Gasteiger partial charge in [-0.2, -0.15) is 0 Å². The molecule has 1 aromatic carbocycles. The zero-order valence-corrected chi connectivity index (χ0v) is 9.60. The van der Waals surface area contributed by atoms with Crippen molar-refractivity contribution >= 4 is 0 Å². The summed E-state index contributed by atoms with van der Waals surface area (Å²) in [5, 5.41) is 8.97. The summed E-state index contributed by atoms with van der Waals surface area (Å²) >= 11 is 0. The van der Waals surface area contributed by atoms with Gasteiger partial charge < -0.3 is 5.11 Å². The molecular weight excluding hydrogens is 198 g/mol. The monoisotopic (exact) mass is 217 g/mol. The molecule has 0 fully saturated rings. The van der Waals surface area contributed by atoms with Crippen molar-refractivity contribution in [3.63, 3.8) is 0 Å². The Kier molecular flexibility index (Phi) is 5.54. The Morgan fingerprint density at radius 1 is 1.31 bits per heavy atom. The van der Waals surface area contributed by atoms with Crippen LogP contribution in [0.3, 0.4) is 0 Å². The topological polar surface area (TPSA) is 23.5 Å². The van der Waals surface area contributed by atoms with Crippen LogP contribution in [-0.4, -0.2) is 29.7 Å². The molecule has 0 amide bonds. The van der Waals surface area contributed by atoms with E-state index >= 15 is 0 Å². The molecule has 0 heterocycles. The summed E-state index contributed by atoms with van der Waals surface area (Å²) in [4.78, 5) is 2.20. The van der Waals surface area contributed by atoms with Gasteiger partial charge in [0, 0.05) is 19.6 Å². The second-order valence-electron chi connectivity index (χ2n) is 3.85. The van der Waals surface area contributed by atoms with Gasteiger partial charge >= 0.3 is 0 Å². The first-order valence-corrected chi connectivity index (χ1v) is 5.41. The van der Waals surface area contributed by atoms with Crippen molar-refractivity contribution in [3.05, 3.63) is 60.7 Å². The first-order valence-electron chi connectivity index (χ1n) is 5.41. The Hall–Kier alpha value is -1.38. The summed E-state index contributed by atoms with van der Waals surface area (Å²) in [7, 11) is 0. The molecule has 0 bridgehead atoms. The van der Waals surface area contributed by atoms with E-state index in [9.17, 15) is 0 Å². The van der Waals surface area contributed by atoms with Gasteiger partial charge in [-0.05, 0) is 11.1 Å². The molecule has 2 heteroatoms. The fourth-order valence-electron chi connectivity index (χ4n) is 1.58. The van der Waals surface area contributed by atoms with Crippen LogP contribution >= 0.6 is 0 Å². The van der Waals surface area contributed by atoms with Crippen LogP contribution in [-0.2, 0) is 6.54 Å². The molecule has 0 aliphatic heterocycles. The van der Waals surface area contributed by atoms with E-state index in [0.717, 1.165) is 18.7 Å². The summed E-state index contributed by atoms with van der Waals surface area (Å²) in [5.74, 6) is 0. The van der Waals surface area contributed by atoms with Crippen LogP contribution in [0.5, 0.6) is 0 Å². The molecule has 16 heavy (non-hydrogen) atoms. The van der Waals surface area contributed by atoms with Crippen molar-refractivity contribution in [3.8, 4) is 0 Å². The molecule has 1 N–H and O–H groups in total. The Morgan fingerprint density at radius 2 is 2.00 bits per heavy atom. The number of aliphatic hydroxyl groups is 1. The van der Waals surface area contributed by atoms with Crippen molar-refractivity contribution in [2.75, 3.05) is 19.7 Å². The van der Waals surface area contributed by atoms with E-state index in [1.54, 1.807) is 0 Å². The predicted molar refractivity (Wildman–Crippen MR) is 68.1 cm³/mol. The Bertz CT molecular complexity index is 332. The lowest BCUT2D eigenvalue weighted by molar-refractivity contribution is 0.280. The fraction of sp³-hybridized carbons (Fsp3) is 0.286. The summed E-state index contributed by atoms with van der Waals surface area (Å²) in [6, 6.07) is 10.3. The van der Waals surface area contributed by atoms with Gasteiger partial charge in [0.15, 0.2) is 0 Å². The lowest BCUT2D eigenvalue weighted by Crippen LogP contribution is -2.26. The Morgan fingerprint density at radius 3 is 2.56 bits per heavy atom. The quantitative estimate of drug-likeness (QED) is 0.708. The summed E-state index contributed by atoms with van der Waals surface area (Å²) in [6.07, 6.45) is 1.87. The highest BCUT2D eigenvalue weighted by atomic mass is 16.3. The van der Waals surface area contributed by atoms with Crippen molar-refractivity contribution in [2.45, 2.75) is 6.54 Å². The molecule has 0 aliphatic rings. The highest BCUT2D eigenvalue weighted by Gasteiger charge is 2.05. The van der Waals surface area contributed by atoms with Crippen molar-refractivity contribution in [1.82, 2.24) is 4.90 Å². The van der Waals surface area contributed by atoms with Gasteiger partial charge in [0.1, 0.15) is 0 Å². The van der Waals surface area contributed by atoms with Crippen LogP contribution in [0.2, 0.25) is 0 Å². The first kappa shape index (κ1) is 12.7. The van der Waals surface area contributed by atoms with E-state index in [2.05, 4.69) is 30.2 Å². The van der Waals surface area contributed by atoms with Gasteiger partial charge in [0.25, 0.3) is 0 Å². The zero-order chi connectivity index (χ0) is 11.8. The van der Waals surface area contributed by atoms with Crippen molar-refractivity contribution < 1.29 is 5.11 Å². The normalized spacial score (nSPS) is 10.4. The standard InChI is InChI=1S/C14H19NO/c1-3-9-15(10-13(2)12-16)11-14-7-5-4-6-8-14/h3-8,16H,1-2,9-12H2. The summed E-state index contributed by atoms with van der Waals surface area (Å²) < 4.78 is 0. The van der Waals surface area contributed by atoms with Crippen LogP contribution < -0.4 is 0 Å². The highest BCUT2D eigenvalue weighted by molar-refractivity contribution is 5.15. The van der Waals surface area contributed by atoms with E-state index in [4.69, 9.17) is 5.11 Å². The minimum atomic E-state index is 0.0441. The van der Waals surface area contributed by atoms with Crippen molar-refractivity contribution in [1.29, 1.82) is 0 Å². The summed E-state index contributed by atoms with van der Waals surface area (Å²) in [6.45, 7) is 9.95. The maximum Gasteiger partial charge on any atom is 0.0651 e. The third-order valence-corrected chi connectivity index (χ3v) is 2.31. The predicted octanol–water partition coefficient (Wildman–Crippen LogP) is 2.22. The van der Waals surface area contributed by atoms with E-state index in [0.29, 0.717) is 6.54 Å². The lowest BCUT2D eigenvalue weighted by Gasteiger charge is -2.21. The SMILES string of the molecule is C=CCN(CC(=C)CO)Cc1ccccc1. The molecule has 1 rings (SSSR count). The summed E-state index contributed by atoms with van der Waals surface area (Å²) in [5.41, 5.74) is 2.09. The number of benzene rings is 1. The molecule has 0 atom stereocenters. The van der Waals surface area contributed by atoms with Crippen LogP contribution in [0.1, 0.15) is 5.56 Å². The molecule has 0 saturated carbocycles. The number of hydrogen-bond donors (Lipinski definition) is 1. The second-order valence-corrected chi connectivity index (χ2v) is 3.85. The van der Waals surface area contributed by atoms with Gasteiger partial charge in [0.05, 0.1) is 6.61 Å². The van der Waals surface area contributed by atoms with Gasteiger partial charge in [-0.25, -0.2) is 0 Å². The molecule has 0 aliphatic carbocycles. The third kappa shape index (κ3) is 4.43. The molecule has 0 saturated heterocycles. The van der Waals surface area contributed by atoms with Crippen LogP contribution in [0.25, 0.3) is 0 Å². The molecule has 0 spiro atoms. The third-order valence-electron chi connectivity index (χ3n) is 2.31. The first-order chi connectivity index (χ1) is 7.76. The molecule has 86 valence electrons. The van der Waals surface area contributed by atoms with E-state index < -0.39 is 0 Å². The second kappa shape index (κ2) is 6.99. The minimum Gasteiger partial charge on any atom is -0.392 e. The highest BCUT2D eigenvalue weighted by Crippen LogP contribution is 2.06. The van der Waals surface area contributed by atoms with Gasteiger partial charge in [0.2, 0.25) is 0 Å². The Balaban J connectivity index is 2.57. The van der Waals surface area contributed by atoms with Crippen LogP contribution in [0.4, 0.5) is 0 Å². The maximum atomic E-state index is 8.97. The van der Waals surface area contributed by atoms with Crippen molar-refractivity contribution in [2.24, 2.45) is 0 Å². The van der Waals surface area contributed by atoms with Gasteiger partial charge in [-0.15, -0.1) is 6.58 Å². The average molecular weight is 217 g/mol. The molecule has 0 aromatic heterocycles. The van der Waals surface area contributed by atoms with E-state index in [1.807, 2.05) is 24.3 Å². The van der Waals surface area contributed by atoms with E-state index in [-0.39, 0.29) is 6.61 Å². The maximum absolute atomic E-state index is 8.97. The van der Waals surface area contributed by atoms with Crippen LogP contribution in [0.15, 0.2) is 55.1 Å². The number of aliphatic hydroxyl groups excluding tert-OH is 1. The van der Waals surface area contributed by atoms with E-state index in [1.165, 1.54) is 5.56 Å². The number of hydrogen-bond acceptors (Lipinski definition) is 2.